The van der Waals surface area contributed by atoms with Crippen LogP contribution in [0.4, 0.5) is 0 Å². The van der Waals surface area contributed by atoms with Crippen molar-refractivity contribution in [2.45, 2.75) is 51.6 Å². The van der Waals surface area contributed by atoms with Gasteiger partial charge in [-0.15, -0.1) is 0 Å². The van der Waals surface area contributed by atoms with Gasteiger partial charge in [0.1, 0.15) is 0 Å². The van der Waals surface area contributed by atoms with E-state index in [0.29, 0.717) is 6.04 Å². The van der Waals surface area contributed by atoms with Gasteiger partial charge in [-0.05, 0) is 39.8 Å². The van der Waals surface area contributed by atoms with Crippen molar-refractivity contribution < 1.29 is 0 Å². The van der Waals surface area contributed by atoms with Crippen LogP contribution in [0.2, 0.25) is 0 Å². The van der Waals surface area contributed by atoms with E-state index in [9.17, 15) is 0 Å². The lowest BCUT2D eigenvalue weighted by Crippen LogP contribution is -2.41. The average molecular weight is 184 g/mol. The molecule has 0 saturated heterocycles. The molecule has 1 aliphatic rings. The van der Waals surface area contributed by atoms with E-state index in [0.717, 1.165) is 12.6 Å². The van der Waals surface area contributed by atoms with Crippen LogP contribution in [0.5, 0.6) is 0 Å². The molecular formula is C11H24N2. The fraction of sp³-hybridized carbons (Fsp3) is 1.00. The third-order valence-corrected chi connectivity index (χ3v) is 2.85. The molecule has 0 amide bonds. The number of hydrogen-bond donors (Lipinski definition) is 1. The lowest BCUT2D eigenvalue weighted by molar-refractivity contribution is 0.193. The summed E-state index contributed by atoms with van der Waals surface area (Å²) >= 11 is 0. The summed E-state index contributed by atoms with van der Waals surface area (Å²) < 4.78 is 0. The van der Waals surface area contributed by atoms with Gasteiger partial charge in [-0.2, -0.15) is 0 Å². The monoisotopic (exact) mass is 184 g/mol. The standard InChI is InChI=1S/C11H24N2/c1-4-5-8-13(11-6-7-11)10(2)9-12-3/h10-12H,4-9H2,1-3H3. The molecule has 0 aromatic carbocycles. The van der Waals surface area contributed by atoms with Crippen molar-refractivity contribution in [2.24, 2.45) is 0 Å². The van der Waals surface area contributed by atoms with Crippen LogP contribution in [0.15, 0.2) is 0 Å². The summed E-state index contributed by atoms with van der Waals surface area (Å²) in [7, 11) is 2.04. The third-order valence-electron chi connectivity index (χ3n) is 2.85. The molecule has 2 nitrogen and oxygen atoms in total. The molecule has 1 saturated carbocycles. The van der Waals surface area contributed by atoms with Gasteiger partial charge in [-0.25, -0.2) is 0 Å². The van der Waals surface area contributed by atoms with Gasteiger partial charge < -0.3 is 5.32 Å². The number of rotatable bonds is 7. The fourth-order valence-corrected chi connectivity index (χ4v) is 1.92. The first-order valence-electron chi connectivity index (χ1n) is 5.70. The predicted molar refractivity (Wildman–Crippen MR) is 58.0 cm³/mol. The quantitative estimate of drug-likeness (QED) is 0.649. The zero-order chi connectivity index (χ0) is 9.68. The summed E-state index contributed by atoms with van der Waals surface area (Å²) in [5.74, 6) is 0. The van der Waals surface area contributed by atoms with Crippen molar-refractivity contribution >= 4 is 0 Å². The maximum absolute atomic E-state index is 3.27. The van der Waals surface area contributed by atoms with Gasteiger partial charge in [0.2, 0.25) is 0 Å². The van der Waals surface area contributed by atoms with Gasteiger partial charge in [0.05, 0.1) is 0 Å². The van der Waals surface area contributed by atoms with E-state index in [-0.39, 0.29) is 0 Å². The van der Waals surface area contributed by atoms with Gasteiger partial charge in [-0.1, -0.05) is 13.3 Å². The molecule has 0 spiro atoms. The minimum atomic E-state index is 0.712. The van der Waals surface area contributed by atoms with E-state index >= 15 is 0 Å². The summed E-state index contributed by atoms with van der Waals surface area (Å²) in [5, 5.41) is 3.27. The third kappa shape index (κ3) is 3.65. The Bertz CT molecular complexity index is 132. The van der Waals surface area contributed by atoms with E-state index in [4.69, 9.17) is 0 Å². The first-order valence-corrected chi connectivity index (χ1v) is 5.70. The lowest BCUT2D eigenvalue weighted by Gasteiger charge is -2.28. The SMILES string of the molecule is CCCCN(C(C)CNC)C1CC1. The van der Waals surface area contributed by atoms with E-state index < -0.39 is 0 Å². The summed E-state index contributed by atoms with van der Waals surface area (Å²) in [5.41, 5.74) is 0. The summed E-state index contributed by atoms with van der Waals surface area (Å²) in [4.78, 5) is 2.68. The maximum Gasteiger partial charge on any atom is 0.0195 e. The smallest absolute Gasteiger partial charge is 0.0195 e. The van der Waals surface area contributed by atoms with Gasteiger partial charge in [0.15, 0.2) is 0 Å². The highest BCUT2D eigenvalue weighted by Crippen LogP contribution is 2.28. The molecule has 2 heteroatoms. The van der Waals surface area contributed by atoms with Crippen LogP contribution in [-0.4, -0.2) is 37.1 Å². The van der Waals surface area contributed by atoms with Crippen LogP contribution in [-0.2, 0) is 0 Å². The molecule has 1 atom stereocenters. The second-order valence-electron chi connectivity index (χ2n) is 4.23. The van der Waals surface area contributed by atoms with Crippen LogP contribution >= 0.6 is 0 Å². The Labute approximate surface area is 82.7 Å². The first kappa shape index (κ1) is 11.0. The Hall–Kier alpha value is -0.0800. The summed E-state index contributed by atoms with van der Waals surface area (Å²) in [6, 6.07) is 1.62. The van der Waals surface area contributed by atoms with Crippen molar-refractivity contribution in [2.75, 3.05) is 20.1 Å². The Morgan fingerprint density at radius 1 is 1.46 bits per heavy atom. The highest BCUT2D eigenvalue weighted by molar-refractivity contribution is 4.87. The molecule has 1 rings (SSSR count). The van der Waals surface area contributed by atoms with E-state index in [2.05, 4.69) is 24.1 Å². The number of unbranched alkanes of at least 4 members (excludes halogenated alkanes) is 1. The van der Waals surface area contributed by atoms with Crippen molar-refractivity contribution in [3.63, 3.8) is 0 Å². The molecule has 1 N–H and O–H groups in total. The highest BCUT2D eigenvalue weighted by atomic mass is 15.2. The van der Waals surface area contributed by atoms with Crippen LogP contribution < -0.4 is 5.32 Å². The van der Waals surface area contributed by atoms with E-state index in [1.165, 1.54) is 32.2 Å². The number of nitrogens with zero attached hydrogens (tertiary/aromatic N) is 1. The molecular weight excluding hydrogens is 160 g/mol. The highest BCUT2D eigenvalue weighted by Gasteiger charge is 2.31. The molecule has 0 heterocycles. The Morgan fingerprint density at radius 2 is 2.15 bits per heavy atom. The van der Waals surface area contributed by atoms with Gasteiger partial charge >= 0.3 is 0 Å². The van der Waals surface area contributed by atoms with E-state index in [1.54, 1.807) is 0 Å². The van der Waals surface area contributed by atoms with Crippen molar-refractivity contribution in [1.82, 2.24) is 10.2 Å². The van der Waals surface area contributed by atoms with Crippen LogP contribution in [0.25, 0.3) is 0 Å². The van der Waals surface area contributed by atoms with Gasteiger partial charge in [0, 0.05) is 18.6 Å². The molecule has 0 aromatic heterocycles. The molecule has 1 unspecified atom stereocenters. The largest absolute Gasteiger partial charge is 0.318 e. The van der Waals surface area contributed by atoms with Gasteiger partial charge in [0.25, 0.3) is 0 Å². The first-order chi connectivity index (χ1) is 6.29. The van der Waals surface area contributed by atoms with E-state index in [1.807, 2.05) is 7.05 Å². The topological polar surface area (TPSA) is 15.3 Å². The molecule has 1 fully saturated rings. The zero-order valence-electron chi connectivity index (χ0n) is 9.34. The fourth-order valence-electron chi connectivity index (χ4n) is 1.92. The van der Waals surface area contributed by atoms with Crippen LogP contribution in [0.3, 0.4) is 0 Å². The van der Waals surface area contributed by atoms with Crippen molar-refractivity contribution in [3.05, 3.63) is 0 Å². The molecule has 0 aliphatic heterocycles. The summed E-state index contributed by atoms with van der Waals surface area (Å²) in [6.07, 6.45) is 5.52. The number of nitrogens with one attached hydrogen (secondary N) is 1. The molecule has 0 radical (unpaired) electrons. The number of hydrogen-bond acceptors (Lipinski definition) is 2. The molecule has 13 heavy (non-hydrogen) atoms. The average Bonchev–Trinajstić information content (AvgIpc) is 2.89. The normalized spacial score (nSPS) is 19.4. The van der Waals surface area contributed by atoms with Crippen LogP contribution in [0.1, 0.15) is 39.5 Å². The van der Waals surface area contributed by atoms with Crippen LogP contribution in [0, 0.1) is 0 Å². The number of likely N-dealkylation sites (N-methyl/N-ethyl adjacent to an activating group) is 1. The lowest BCUT2D eigenvalue weighted by atomic mass is 10.2. The Kier molecular flexibility index (Phi) is 4.74. The zero-order valence-corrected chi connectivity index (χ0v) is 9.34. The second kappa shape index (κ2) is 5.61. The molecule has 78 valence electrons. The predicted octanol–water partition coefficient (Wildman–Crippen LogP) is 1.86. The summed E-state index contributed by atoms with van der Waals surface area (Å²) in [6.45, 7) is 7.03. The maximum atomic E-state index is 3.27. The Balaban J connectivity index is 2.27. The second-order valence-corrected chi connectivity index (χ2v) is 4.23. The molecule has 1 aliphatic carbocycles. The van der Waals surface area contributed by atoms with Gasteiger partial charge in [-0.3, -0.25) is 4.90 Å². The molecule has 0 aromatic rings. The minimum absolute atomic E-state index is 0.712. The Morgan fingerprint density at radius 3 is 2.62 bits per heavy atom. The van der Waals surface area contributed by atoms with Crippen molar-refractivity contribution in [1.29, 1.82) is 0 Å². The molecule has 0 bridgehead atoms. The van der Waals surface area contributed by atoms with Crippen molar-refractivity contribution in [3.8, 4) is 0 Å². The minimum Gasteiger partial charge on any atom is -0.318 e.